The Balaban J connectivity index is 1.78. The lowest BCUT2D eigenvalue weighted by Crippen LogP contribution is -2.18. The summed E-state index contributed by atoms with van der Waals surface area (Å²) >= 11 is 0. The highest BCUT2D eigenvalue weighted by Gasteiger charge is 2.15. The quantitative estimate of drug-likeness (QED) is 0.250. The number of oxime groups is 1. The van der Waals surface area contributed by atoms with E-state index in [9.17, 15) is 5.21 Å². The minimum absolute atomic E-state index is 0.389. The fourth-order valence-corrected chi connectivity index (χ4v) is 3.15. The highest BCUT2D eigenvalue weighted by Crippen LogP contribution is 2.14. The first-order valence-electron chi connectivity index (χ1n) is 9.64. The van der Waals surface area contributed by atoms with Crippen LogP contribution in [0.4, 0.5) is 0 Å². The van der Waals surface area contributed by atoms with Crippen LogP contribution in [0, 0.1) is 5.21 Å². The Labute approximate surface area is 175 Å². The van der Waals surface area contributed by atoms with Gasteiger partial charge in [-0.25, -0.2) is 0 Å². The van der Waals surface area contributed by atoms with Gasteiger partial charge in [-0.05, 0) is 4.90 Å². The molecule has 0 radical (unpaired) electrons. The third-order valence-corrected chi connectivity index (χ3v) is 4.58. The van der Waals surface area contributed by atoms with E-state index in [1.165, 1.54) is 0 Å². The molecular formula is C26H20N2O2. The monoisotopic (exact) mass is 392 g/mol. The van der Waals surface area contributed by atoms with Gasteiger partial charge >= 0.3 is 0 Å². The van der Waals surface area contributed by atoms with Gasteiger partial charge in [0.15, 0.2) is 5.71 Å². The van der Waals surface area contributed by atoms with Crippen molar-refractivity contribution in [2.45, 2.75) is 0 Å². The summed E-state index contributed by atoms with van der Waals surface area (Å²) in [6.45, 7) is 0. The van der Waals surface area contributed by atoms with Crippen molar-refractivity contribution in [3.8, 4) is 0 Å². The SMILES string of the molecule is [O-][N+](ON=C(c1ccccc1)c1ccccc1)=C(c1ccccc1)c1ccccc1. The van der Waals surface area contributed by atoms with Crippen LogP contribution in [0.15, 0.2) is 126 Å². The standard InChI is InChI=1S/C26H20N2O2/c29-28(26(23-17-9-3-10-18-23)24-19-11-4-12-20-24)30-27-25(21-13-5-1-6-14-21)22-15-7-2-8-16-22/h1-20H. The maximum absolute atomic E-state index is 13.1. The molecule has 0 amide bonds. The average Bonchev–Trinajstić information content (AvgIpc) is 2.82. The van der Waals surface area contributed by atoms with Crippen LogP contribution < -0.4 is 0 Å². The van der Waals surface area contributed by atoms with Crippen molar-refractivity contribution in [3.05, 3.63) is 149 Å². The predicted molar refractivity (Wildman–Crippen MR) is 119 cm³/mol. The molecule has 0 aliphatic rings. The van der Waals surface area contributed by atoms with E-state index < -0.39 is 0 Å². The van der Waals surface area contributed by atoms with E-state index in [-0.39, 0.29) is 0 Å². The molecule has 0 unspecified atom stereocenters. The van der Waals surface area contributed by atoms with Crippen LogP contribution in [0.3, 0.4) is 0 Å². The molecule has 0 saturated carbocycles. The second-order valence-corrected chi connectivity index (χ2v) is 6.59. The Kier molecular flexibility index (Phi) is 5.97. The van der Waals surface area contributed by atoms with Crippen molar-refractivity contribution in [3.63, 3.8) is 0 Å². The van der Waals surface area contributed by atoms with E-state index in [0.717, 1.165) is 22.3 Å². The highest BCUT2D eigenvalue weighted by molar-refractivity contribution is 6.12. The lowest BCUT2D eigenvalue weighted by molar-refractivity contribution is -0.743. The third kappa shape index (κ3) is 4.45. The van der Waals surface area contributed by atoms with Gasteiger partial charge in [-0.15, -0.1) is 0 Å². The maximum Gasteiger partial charge on any atom is 0.212 e. The molecule has 4 aromatic rings. The fraction of sp³-hybridized carbons (Fsp3) is 0. The number of hydrogen-bond donors (Lipinski definition) is 0. The minimum Gasteiger partial charge on any atom is -0.359 e. The molecule has 0 heterocycles. The molecule has 4 nitrogen and oxygen atoms in total. The number of rotatable bonds is 6. The van der Waals surface area contributed by atoms with Crippen LogP contribution in [0.5, 0.6) is 0 Å². The van der Waals surface area contributed by atoms with Crippen molar-refractivity contribution in [2.75, 3.05) is 0 Å². The lowest BCUT2D eigenvalue weighted by Gasteiger charge is -2.11. The van der Waals surface area contributed by atoms with Crippen molar-refractivity contribution in [1.82, 2.24) is 0 Å². The molecule has 0 atom stereocenters. The van der Waals surface area contributed by atoms with Gasteiger partial charge in [0.2, 0.25) is 5.71 Å². The Bertz CT molecular complexity index is 1060. The summed E-state index contributed by atoms with van der Waals surface area (Å²) in [5.41, 5.74) is 4.18. The van der Waals surface area contributed by atoms with Crippen LogP contribution in [0.25, 0.3) is 0 Å². The Morgan fingerprint density at radius 3 is 1.23 bits per heavy atom. The van der Waals surface area contributed by atoms with Crippen LogP contribution >= 0.6 is 0 Å². The summed E-state index contributed by atoms with van der Waals surface area (Å²) in [4.78, 5) is 5.88. The van der Waals surface area contributed by atoms with Gasteiger partial charge in [0.25, 0.3) is 0 Å². The fourth-order valence-electron chi connectivity index (χ4n) is 3.15. The van der Waals surface area contributed by atoms with Gasteiger partial charge in [-0.3, -0.25) is 4.94 Å². The van der Waals surface area contributed by atoms with Crippen LogP contribution in [0.2, 0.25) is 0 Å². The van der Waals surface area contributed by atoms with E-state index in [0.29, 0.717) is 16.3 Å². The zero-order valence-corrected chi connectivity index (χ0v) is 16.3. The van der Waals surface area contributed by atoms with Gasteiger partial charge in [0.1, 0.15) is 0 Å². The Morgan fingerprint density at radius 1 is 0.533 bits per heavy atom. The van der Waals surface area contributed by atoms with Crippen LogP contribution in [-0.2, 0) is 4.94 Å². The van der Waals surface area contributed by atoms with E-state index in [1.807, 2.05) is 121 Å². The van der Waals surface area contributed by atoms with Crippen molar-refractivity contribution in [1.29, 1.82) is 0 Å². The normalized spacial score (nSPS) is 10.1. The molecule has 146 valence electrons. The molecular weight excluding hydrogens is 372 g/mol. The summed E-state index contributed by atoms with van der Waals surface area (Å²) in [6, 6.07) is 38.1. The molecule has 30 heavy (non-hydrogen) atoms. The zero-order valence-electron chi connectivity index (χ0n) is 16.3. The zero-order chi connectivity index (χ0) is 20.6. The summed E-state index contributed by atoms with van der Waals surface area (Å²) in [5, 5.41) is 17.3. The highest BCUT2D eigenvalue weighted by atomic mass is 16.9. The van der Waals surface area contributed by atoms with Crippen molar-refractivity contribution in [2.24, 2.45) is 5.16 Å². The number of benzene rings is 4. The number of hydrogen-bond acceptors (Lipinski definition) is 3. The average molecular weight is 392 g/mol. The summed E-state index contributed by atoms with van der Waals surface area (Å²) < 4.78 is 0. The third-order valence-electron chi connectivity index (χ3n) is 4.58. The van der Waals surface area contributed by atoms with Crippen LogP contribution in [-0.4, -0.2) is 16.3 Å². The Hall–Kier alpha value is -4.18. The molecule has 0 aromatic heterocycles. The second-order valence-electron chi connectivity index (χ2n) is 6.59. The molecule has 0 spiro atoms. The second kappa shape index (κ2) is 9.34. The molecule has 0 bridgehead atoms. The van der Waals surface area contributed by atoms with Gasteiger partial charge in [-0.2, -0.15) is 0 Å². The predicted octanol–water partition coefficient (Wildman–Crippen LogP) is 5.42. The lowest BCUT2D eigenvalue weighted by atomic mass is 10.0. The molecule has 4 heteroatoms. The number of nitrogens with zero attached hydrogens (tertiary/aromatic N) is 2. The van der Waals surface area contributed by atoms with E-state index in [4.69, 9.17) is 4.94 Å². The van der Waals surface area contributed by atoms with Crippen LogP contribution in [0.1, 0.15) is 22.3 Å². The maximum atomic E-state index is 13.1. The molecule has 0 saturated heterocycles. The first kappa shape index (κ1) is 19.2. The molecule has 0 aliphatic carbocycles. The molecule has 4 rings (SSSR count). The van der Waals surface area contributed by atoms with Crippen molar-refractivity contribution >= 4 is 11.4 Å². The summed E-state index contributed by atoms with van der Waals surface area (Å²) in [6.07, 6.45) is 0. The van der Waals surface area contributed by atoms with Gasteiger partial charge in [-0.1, -0.05) is 121 Å². The topological polar surface area (TPSA) is 47.7 Å². The minimum atomic E-state index is 0.389. The molecule has 0 aliphatic heterocycles. The summed E-state index contributed by atoms with van der Waals surface area (Å²) in [7, 11) is 0. The largest absolute Gasteiger partial charge is 0.359 e. The molecule has 0 fully saturated rings. The first-order valence-corrected chi connectivity index (χ1v) is 9.64. The smallest absolute Gasteiger partial charge is 0.212 e. The van der Waals surface area contributed by atoms with E-state index in [2.05, 4.69) is 5.16 Å². The Morgan fingerprint density at radius 2 is 0.867 bits per heavy atom. The van der Waals surface area contributed by atoms with E-state index >= 15 is 0 Å². The molecule has 0 N–H and O–H groups in total. The van der Waals surface area contributed by atoms with Gasteiger partial charge < -0.3 is 5.21 Å². The van der Waals surface area contributed by atoms with Gasteiger partial charge in [0, 0.05) is 27.4 Å². The van der Waals surface area contributed by atoms with Gasteiger partial charge in [0.05, 0.1) is 0 Å². The van der Waals surface area contributed by atoms with E-state index in [1.54, 1.807) is 0 Å². The first-order chi connectivity index (χ1) is 14.8. The van der Waals surface area contributed by atoms with Crippen molar-refractivity contribution < 1.29 is 9.84 Å². The molecule has 4 aromatic carbocycles. The summed E-state index contributed by atoms with van der Waals surface area (Å²) in [5.74, 6) is 0.